The second-order valence-corrected chi connectivity index (χ2v) is 7.10. The highest BCUT2D eigenvalue weighted by molar-refractivity contribution is 5.66. The van der Waals surface area contributed by atoms with Gasteiger partial charge in [0.15, 0.2) is 17.3 Å². The van der Waals surface area contributed by atoms with Crippen molar-refractivity contribution in [3.8, 4) is 11.5 Å². The highest BCUT2D eigenvalue weighted by atomic mass is 19.1. The number of hydrogen-bond donors (Lipinski definition) is 2. The Morgan fingerprint density at radius 2 is 1.81 bits per heavy atom. The molecule has 0 atom stereocenters. The van der Waals surface area contributed by atoms with E-state index in [0.29, 0.717) is 18.8 Å². The van der Waals surface area contributed by atoms with Crippen LogP contribution in [0.25, 0.3) is 0 Å². The Hall–Kier alpha value is -3.75. The summed E-state index contributed by atoms with van der Waals surface area (Å²) in [4.78, 5) is 18.9. The van der Waals surface area contributed by atoms with Crippen LogP contribution in [0.15, 0.2) is 42.7 Å². The third-order valence-corrected chi connectivity index (χ3v) is 4.74. The lowest BCUT2D eigenvalue weighted by Gasteiger charge is -2.12. The van der Waals surface area contributed by atoms with Crippen LogP contribution >= 0.6 is 0 Å². The monoisotopic (exact) mass is 443 g/mol. The lowest BCUT2D eigenvalue weighted by Crippen LogP contribution is -2.06. The first kappa shape index (κ1) is 22.9. The molecule has 2 N–H and O–H groups in total. The summed E-state index contributed by atoms with van der Waals surface area (Å²) in [7, 11) is 1.31. The fourth-order valence-corrected chi connectivity index (χ4v) is 3.02. The molecule has 0 amide bonds. The minimum atomic E-state index is -0.804. The van der Waals surface area contributed by atoms with Crippen LogP contribution < -0.4 is 14.8 Å². The second kappa shape index (κ2) is 10.5. The molecule has 0 aliphatic carbocycles. The van der Waals surface area contributed by atoms with Crippen molar-refractivity contribution in [2.24, 2.45) is 0 Å². The van der Waals surface area contributed by atoms with E-state index in [-0.39, 0.29) is 35.7 Å². The number of ether oxygens (including phenoxy) is 2. The molecule has 7 nitrogen and oxygen atoms in total. The molecule has 0 aliphatic rings. The van der Waals surface area contributed by atoms with Gasteiger partial charge in [-0.1, -0.05) is 12.1 Å². The molecule has 9 heteroatoms. The minimum absolute atomic E-state index is 0.0498. The van der Waals surface area contributed by atoms with E-state index >= 15 is 0 Å². The second-order valence-electron chi connectivity index (χ2n) is 7.10. The van der Waals surface area contributed by atoms with Crippen molar-refractivity contribution >= 4 is 17.6 Å². The maximum atomic E-state index is 14.3. The fourth-order valence-electron chi connectivity index (χ4n) is 3.02. The van der Waals surface area contributed by atoms with Gasteiger partial charge in [0.2, 0.25) is 5.95 Å². The van der Waals surface area contributed by atoms with Crippen LogP contribution in [-0.2, 0) is 17.8 Å². The molecule has 3 rings (SSSR count). The summed E-state index contributed by atoms with van der Waals surface area (Å²) in [6, 6.07) is 8.79. The molecule has 0 fully saturated rings. The van der Waals surface area contributed by atoms with Gasteiger partial charge in [-0.15, -0.1) is 0 Å². The van der Waals surface area contributed by atoms with E-state index in [2.05, 4.69) is 15.3 Å². The van der Waals surface area contributed by atoms with Crippen LogP contribution in [0.4, 0.5) is 20.4 Å². The standard InChI is InChI=1S/C23H23F2N3O4/c1-14-10-19(31-2)22(25)18(21(14)24)13-32-17-11-26-23(27-12-17)28-16-8-6-15(7-9-16)4-3-5-20(29)30/h6-12H,3-5,13H2,1-2H3,(H,29,30)(H,26,27,28). The van der Waals surface area contributed by atoms with Gasteiger partial charge in [-0.2, -0.15) is 0 Å². The maximum absolute atomic E-state index is 14.3. The van der Waals surface area contributed by atoms with Crippen LogP contribution in [0.3, 0.4) is 0 Å². The predicted octanol–water partition coefficient (Wildman–Crippen LogP) is 4.80. The van der Waals surface area contributed by atoms with E-state index in [1.165, 1.54) is 32.5 Å². The Balaban J connectivity index is 1.58. The number of carboxylic acids is 1. The molecule has 0 unspecified atom stereocenters. The van der Waals surface area contributed by atoms with Gasteiger partial charge >= 0.3 is 5.97 Å². The van der Waals surface area contributed by atoms with Crippen LogP contribution in [0.2, 0.25) is 0 Å². The van der Waals surface area contributed by atoms with E-state index in [9.17, 15) is 13.6 Å². The predicted molar refractivity (Wildman–Crippen MR) is 114 cm³/mol. The molecule has 0 bridgehead atoms. The average molecular weight is 443 g/mol. The Bertz CT molecular complexity index is 1070. The van der Waals surface area contributed by atoms with Crippen molar-refractivity contribution < 1.29 is 28.2 Å². The first-order valence-electron chi connectivity index (χ1n) is 9.91. The van der Waals surface area contributed by atoms with Crippen molar-refractivity contribution in [1.29, 1.82) is 0 Å². The largest absolute Gasteiger partial charge is 0.494 e. The lowest BCUT2D eigenvalue weighted by molar-refractivity contribution is -0.137. The van der Waals surface area contributed by atoms with Crippen LogP contribution in [0.5, 0.6) is 11.5 Å². The smallest absolute Gasteiger partial charge is 0.303 e. The summed E-state index contributed by atoms with van der Waals surface area (Å²) in [6.07, 6.45) is 4.20. The Labute approximate surface area is 184 Å². The first-order valence-corrected chi connectivity index (χ1v) is 9.91. The SMILES string of the molecule is COc1cc(C)c(F)c(COc2cnc(Nc3ccc(CCCC(=O)O)cc3)nc2)c1F. The highest BCUT2D eigenvalue weighted by Crippen LogP contribution is 2.27. The van der Waals surface area contributed by atoms with E-state index in [1.54, 1.807) is 0 Å². The van der Waals surface area contributed by atoms with Gasteiger partial charge in [-0.25, -0.2) is 18.7 Å². The van der Waals surface area contributed by atoms with Gasteiger partial charge in [-0.3, -0.25) is 4.79 Å². The van der Waals surface area contributed by atoms with Crippen LogP contribution in [-0.4, -0.2) is 28.2 Å². The van der Waals surface area contributed by atoms with Crippen LogP contribution in [0.1, 0.15) is 29.5 Å². The van der Waals surface area contributed by atoms with Gasteiger partial charge in [0.1, 0.15) is 12.4 Å². The van der Waals surface area contributed by atoms with E-state index < -0.39 is 17.6 Å². The number of halogens is 2. The van der Waals surface area contributed by atoms with Gasteiger partial charge in [0.05, 0.1) is 25.1 Å². The van der Waals surface area contributed by atoms with Gasteiger partial charge < -0.3 is 19.9 Å². The molecule has 0 saturated carbocycles. The number of rotatable bonds is 10. The minimum Gasteiger partial charge on any atom is -0.494 e. The fraction of sp³-hybridized carbons (Fsp3) is 0.261. The Morgan fingerprint density at radius 1 is 1.12 bits per heavy atom. The molecule has 1 heterocycles. The topological polar surface area (TPSA) is 93.6 Å². The van der Waals surface area contributed by atoms with Gasteiger partial charge in [0.25, 0.3) is 0 Å². The molecule has 3 aromatic rings. The molecule has 32 heavy (non-hydrogen) atoms. The number of carbonyl (C=O) groups is 1. The summed E-state index contributed by atoms with van der Waals surface area (Å²) in [5.41, 5.74) is 1.82. The zero-order valence-corrected chi connectivity index (χ0v) is 17.7. The third-order valence-electron chi connectivity index (χ3n) is 4.74. The van der Waals surface area contributed by atoms with Crippen molar-refractivity contribution in [3.05, 3.63) is 71.1 Å². The van der Waals surface area contributed by atoms with Crippen molar-refractivity contribution in [2.45, 2.75) is 32.8 Å². The number of aliphatic carboxylic acids is 1. The number of nitrogens with one attached hydrogen (secondary N) is 1. The number of methoxy groups -OCH3 is 1. The molecule has 2 aromatic carbocycles. The summed E-state index contributed by atoms with van der Waals surface area (Å²) in [5, 5.41) is 11.7. The van der Waals surface area contributed by atoms with Crippen LogP contribution in [0, 0.1) is 18.6 Å². The quantitative estimate of drug-likeness (QED) is 0.465. The highest BCUT2D eigenvalue weighted by Gasteiger charge is 2.18. The lowest BCUT2D eigenvalue weighted by atomic mass is 10.1. The zero-order valence-electron chi connectivity index (χ0n) is 17.7. The number of aromatic nitrogens is 2. The maximum Gasteiger partial charge on any atom is 0.303 e. The number of benzene rings is 2. The normalized spacial score (nSPS) is 10.6. The number of hydrogen-bond acceptors (Lipinski definition) is 6. The molecule has 0 saturated heterocycles. The molecule has 1 aromatic heterocycles. The summed E-state index contributed by atoms with van der Waals surface area (Å²) in [6.45, 7) is 1.18. The first-order chi connectivity index (χ1) is 15.4. The average Bonchev–Trinajstić information content (AvgIpc) is 2.78. The van der Waals surface area contributed by atoms with E-state index in [4.69, 9.17) is 14.6 Å². The summed E-state index contributed by atoms with van der Waals surface area (Å²) >= 11 is 0. The Morgan fingerprint density at radius 3 is 2.44 bits per heavy atom. The Kier molecular flexibility index (Phi) is 7.54. The molecular weight excluding hydrogens is 420 g/mol. The summed E-state index contributed by atoms with van der Waals surface area (Å²) in [5.74, 6) is -1.77. The third kappa shape index (κ3) is 5.90. The molecule has 0 radical (unpaired) electrons. The van der Waals surface area contributed by atoms with Crippen molar-refractivity contribution in [1.82, 2.24) is 9.97 Å². The van der Waals surface area contributed by atoms with E-state index in [0.717, 1.165) is 11.3 Å². The van der Waals surface area contributed by atoms with E-state index in [1.807, 2.05) is 24.3 Å². The molecule has 0 aliphatic heterocycles. The summed E-state index contributed by atoms with van der Waals surface area (Å²) < 4.78 is 39.0. The number of nitrogens with zero attached hydrogens (tertiary/aromatic N) is 2. The zero-order chi connectivity index (χ0) is 23.1. The molecule has 0 spiro atoms. The molecular formula is C23H23F2N3O4. The molecule has 168 valence electrons. The number of carboxylic acid groups (broad SMARTS) is 1. The van der Waals surface area contributed by atoms with Crippen molar-refractivity contribution in [3.63, 3.8) is 0 Å². The number of anilines is 2. The van der Waals surface area contributed by atoms with Gasteiger partial charge in [-0.05, 0) is 49.1 Å². The number of aryl methyl sites for hydroxylation is 2. The van der Waals surface area contributed by atoms with Crippen molar-refractivity contribution in [2.75, 3.05) is 12.4 Å². The van der Waals surface area contributed by atoms with Gasteiger partial charge in [0, 0.05) is 12.1 Å².